The van der Waals surface area contributed by atoms with Crippen LogP contribution in [0.15, 0.2) is 6.07 Å². The second-order valence-electron chi connectivity index (χ2n) is 4.60. The van der Waals surface area contributed by atoms with Crippen molar-refractivity contribution in [1.82, 2.24) is 9.97 Å². The molecule has 0 spiro atoms. The molecule has 3 nitrogen and oxygen atoms in total. The maximum Gasteiger partial charge on any atom is 0.130 e. The Kier molecular flexibility index (Phi) is 3.71. The van der Waals surface area contributed by atoms with Gasteiger partial charge in [-0.05, 0) is 24.8 Å². The van der Waals surface area contributed by atoms with Crippen molar-refractivity contribution in [3.8, 4) is 0 Å². The van der Waals surface area contributed by atoms with Crippen LogP contribution < -0.4 is 0 Å². The highest BCUT2D eigenvalue weighted by Gasteiger charge is 2.18. The van der Waals surface area contributed by atoms with Crippen molar-refractivity contribution in [2.45, 2.75) is 38.5 Å². The first-order valence-electron chi connectivity index (χ1n) is 5.85. The molecular weight excluding hydrogens is 220 g/mol. The van der Waals surface area contributed by atoms with Crippen molar-refractivity contribution in [3.05, 3.63) is 22.2 Å². The number of aromatic nitrogens is 2. The van der Waals surface area contributed by atoms with E-state index in [1.165, 1.54) is 5.69 Å². The summed E-state index contributed by atoms with van der Waals surface area (Å²) in [5, 5.41) is 0. The van der Waals surface area contributed by atoms with Crippen LogP contribution in [-0.4, -0.2) is 23.2 Å². The van der Waals surface area contributed by atoms with Gasteiger partial charge in [-0.25, -0.2) is 4.98 Å². The summed E-state index contributed by atoms with van der Waals surface area (Å²) in [4.78, 5) is 7.86. The van der Waals surface area contributed by atoms with Gasteiger partial charge in [-0.3, -0.25) is 0 Å². The molecule has 1 aliphatic rings. The molecule has 16 heavy (non-hydrogen) atoms. The summed E-state index contributed by atoms with van der Waals surface area (Å²) in [6.07, 6.45) is 2.08. The second-order valence-corrected chi connectivity index (χ2v) is 5.02. The molecule has 1 saturated heterocycles. The van der Waals surface area contributed by atoms with Gasteiger partial charge in [-0.2, -0.15) is 0 Å². The number of aromatic amines is 1. The van der Waals surface area contributed by atoms with Crippen molar-refractivity contribution in [1.29, 1.82) is 0 Å². The molecule has 0 aliphatic carbocycles. The van der Waals surface area contributed by atoms with E-state index in [1.54, 1.807) is 0 Å². The van der Waals surface area contributed by atoms with Crippen LogP contribution in [0.4, 0.5) is 0 Å². The van der Waals surface area contributed by atoms with Gasteiger partial charge in [0.2, 0.25) is 0 Å². The highest BCUT2D eigenvalue weighted by Crippen LogP contribution is 2.25. The van der Waals surface area contributed by atoms with E-state index in [9.17, 15) is 0 Å². The van der Waals surface area contributed by atoms with Crippen molar-refractivity contribution in [2.24, 2.45) is 0 Å². The van der Waals surface area contributed by atoms with Crippen molar-refractivity contribution >= 4 is 12.2 Å². The summed E-state index contributed by atoms with van der Waals surface area (Å²) in [6, 6.07) is 1.96. The van der Waals surface area contributed by atoms with Gasteiger partial charge in [-0.15, -0.1) is 0 Å². The predicted molar refractivity (Wildman–Crippen MR) is 66.3 cm³/mol. The molecule has 0 aromatic carbocycles. The zero-order valence-corrected chi connectivity index (χ0v) is 10.6. The molecule has 1 aromatic heterocycles. The molecule has 1 fully saturated rings. The number of nitrogens with zero attached hydrogens (tertiary/aromatic N) is 1. The summed E-state index contributed by atoms with van der Waals surface area (Å²) < 4.78 is 6.06. The topological polar surface area (TPSA) is 37.9 Å². The molecule has 4 heteroatoms. The summed E-state index contributed by atoms with van der Waals surface area (Å²) in [7, 11) is 0. The van der Waals surface area contributed by atoms with Crippen LogP contribution in [0.25, 0.3) is 0 Å². The summed E-state index contributed by atoms with van der Waals surface area (Å²) in [5.41, 5.74) is 1.18. The zero-order valence-electron chi connectivity index (χ0n) is 9.82. The van der Waals surface area contributed by atoms with Crippen LogP contribution in [-0.2, 0) is 4.74 Å². The lowest BCUT2D eigenvalue weighted by Gasteiger charge is -2.22. The Balaban J connectivity index is 2.29. The first kappa shape index (κ1) is 11.7. The first-order chi connectivity index (χ1) is 7.66. The molecule has 0 unspecified atom stereocenters. The van der Waals surface area contributed by atoms with Crippen LogP contribution in [0.1, 0.15) is 50.0 Å². The fourth-order valence-electron chi connectivity index (χ4n) is 1.97. The molecule has 2 rings (SSSR count). The number of hydrogen-bond acceptors (Lipinski definition) is 3. The van der Waals surface area contributed by atoms with Crippen LogP contribution in [0.2, 0.25) is 0 Å². The third-order valence-electron chi connectivity index (χ3n) is 3.01. The van der Waals surface area contributed by atoms with E-state index >= 15 is 0 Å². The third kappa shape index (κ3) is 2.68. The Bertz CT molecular complexity index is 408. The number of nitrogens with one attached hydrogen (secondary N) is 1. The van der Waals surface area contributed by atoms with Crippen LogP contribution in [0.3, 0.4) is 0 Å². The minimum atomic E-state index is 0.461. The van der Waals surface area contributed by atoms with E-state index in [0.29, 0.717) is 16.5 Å². The van der Waals surface area contributed by atoms with Gasteiger partial charge in [0.1, 0.15) is 10.5 Å². The van der Waals surface area contributed by atoms with Crippen molar-refractivity contribution in [3.63, 3.8) is 0 Å². The molecule has 2 heterocycles. The largest absolute Gasteiger partial charge is 0.381 e. The standard InChI is InChI=1S/C12H18N2OS/c1-8(2)10-7-11(16)14-12(13-10)9-3-5-15-6-4-9/h7-9H,3-6H2,1-2H3,(H,13,14,16). The van der Waals surface area contributed by atoms with Crippen molar-refractivity contribution < 1.29 is 4.74 Å². The molecular formula is C12H18N2OS. The summed E-state index contributed by atoms with van der Waals surface area (Å²) >= 11 is 5.21. The van der Waals surface area contributed by atoms with Crippen LogP contribution in [0, 0.1) is 4.64 Å². The lowest BCUT2D eigenvalue weighted by Crippen LogP contribution is -2.17. The Morgan fingerprint density at radius 1 is 1.44 bits per heavy atom. The molecule has 1 N–H and O–H groups in total. The van der Waals surface area contributed by atoms with Gasteiger partial charge in [-0.1, -0.05) is 26.1 Å². The summed E-state index contributed by atoms with van der Waals surface area (Å²) in [6.45, 7) is 5.99. The number of H-pyrrole nitrogens is 1. The first-order valence-corrected chi connectivity index (χ1v) is 6.26. The van der Waals surface area contributed by atoms with E-state index in [-0.39, 0.29) is 0 Å². The predicted octanol–water partition coefficient (Wildman–Crippen LogP) is 3.16. The zero-order chi connectivity index (χ0) is 11.5. The molecule has 0 bridgehead atoms. The fourth-order valence-corrected chi connectivity index (χ4v) is 2.20. The lowest BCUT2D eigenvalue weighted by atomic mass is 9.99. The maximum absolute atomic E-state index is 5.36. The normalized spacial score (nSPS) is 17.9. The van der Waals surface area contributed by atoms with E-state index in [2.05, 4.69) is 23.8 Å². The van der Waals surface area contributed by atoms with E-state index in [0.717, 1.165) is 31.9 Å². The molecule has 1 aliphatic heterocycles. The molecule has 1 aromatic rings. The van der Waals surface area contributed by atoms with Gasteiger partial charge in [0.05, 0.1) is 0 Å². The monoisotopic (exact) mass is 238 g/mol. The van der Waals surface area contributed by atoms with Gasteiger partial charge in [0.15, 0.2) is 0 Å². The van der Waals surface area contributed by atoms with Gasteiger partial charge in [0.25, 0.3) is 0 Å². The highest BCUT2D eigenvalue weighted by molar-refractivity contribution is 7.71. The minimum Gasteiger partial charge on any atom is -0.381 e. The SMILES string of the molecule is CC(C)c1cc(=S)nc(C2CCOCC2)[nH]1. The van der Waals surface area contributed by atoms with Gasteiger partial charge in [0, 0.05) is 24.8 Å². The van der Waals surface area contributed by atoms with Gasteiger partial charge < -0.3 is 9.72 Å². The van der Waals surface area contributed by atoms with Gasteiger partial charge >= 0.3 is 0 Å². The molecule has 0 amide bonds. The van der Waals surface area contributed by atoms with E-state index in [4.69, 9.17) is 17.0 Å². The minimum absolute atomic E-state index is 0.461. The molecule has 0 atom stereocenters. The van der Waals surface area contributed by atoms with Crippen LogP contribution >= 0.6 is 12.2 Å². The smallest absolute Gasteiger partial charge is 0.130 e. The average molecular weight is 238 g/mol. The molecule has 88 valence electrons. The highest BCUT2D eigenvalue weighted by atomic mass is 32.1. The average Bonchev–Trinajstić information content (AvgIpc) is 2.29. The maximum atomic E-state index is 5.36. The number of hydrogen-bond donors (Lipinski definition) is 1. The van der Waals surface area contributed by atoms with Crippen molar-refractivity contribution in [2.75, 3.05) is 13.2 Å². The Hall–Kier alpha value is -0.740. The Morgan fingerprint density at radius 2 is 2.12 bits per heavy atom. The number of rotatable bonds is 2. The second kappa shape index (κ2) is 5.06. The number of ether oxygens (including phenoxy) is 1. The van der Waals surface area contributed by atoms with E-state index < -0.39 is 0 Å². The Morgan fingerprint density at radius 3 is 2.75 bits per heavy atom. The molecule has 0 radical (unpaired) electrons. The van der Waals surface area contributed by atoms with Crippen LogP contribution in [0.5, 0.6) is 0 Å². The quantitative estimate of drug-likeness (QED) is 0.804. The molecule has 0 saturated carbocycles. The lowest BCUT2D eigenvalue weighted by molar-refractivity contribution is 0.0835. The fraction of sp³-hybridized carbons (Fsp3) is 0.667. The summed E-state index contributed by atoms with van der Waals surface area (Å²) in [5.74, 6) is 1.98. The third-order valence-corrected chi connectivity index (χ3v) is 3.22. The van der Waals surface area contributed by atoms with E-state index in [1.807, 2.05) is 6.07 Å². The Labute approximate surface area is 101 Å².